The number of carbonyl (C=O) groups excluding carboxylic acids is 3. The molecular formula is C24H21N3O5S. The largest absolute Gasteiger partial charge is 0.467 e. The summed E-state index contributed by atoms with van der Waals surface area (Å²) in [5.74, 6) is -0.480. The molecule has 1 atom stereocenters. The number of carbonyl (C=O) groups is 3. The van der Waals surface area contributed by atoms with Gasteiger partial charge >= 0.3 is 5.97 Å². The number of hydrogen-bond acceptors (Lipinski definition) is 6. The first-order valence-corrected chi connectivity index (χ1v) is 10.6. The monoisotopic (exact) mass is 463 g/mol. The van der Waals surface area contributed by atoms with Crippen LogP contribution in [0.1, 0.15) is 22.5 Å². The minimum Gasteiger partial charge on any atom is -0.467 e. The third-order valence-corrected chi connectivity index (χ3v) is 5.62. The number of nitrogens with one attached hydrogen (secondary N) is 1. The molecule has 2 amide bonds. The van der Waals surface area contributed by atoms with Crippen LogP contribution >= 0.6 is 12.2 Å². The molecule has 1 N–H and O–H groups in total. The summed E-state index contributed by atoms with van der Waals surface area (Å²) in [5, 5.41) is 3.08. The van der Waals surface area contributed by atoms with Crippen LogP contribution in [0, 0.1) is 0 Å². The number of anilines is 2. The van der Waals surface area contributed by atoms with Gasteiger partial charge in [-0.2, -0.15) is 0 Å². The van der Waals surface area contributed by atoms with Gasteiger partial charge in [-0.3, -0.25) is 14.5 Å². The second-order valence-electron chi connectivity index (χ2n) is 7.34. The molecule has 0 radical (unpaired) electrons. The van der Waals surface area contributed by atoms with E-state index < -0.39 is 12.0 Å². The van der Waals surface area contributed by atoms with Gasteiger partial charge in [0, 0.05) is 5.69 Å². The van der Waals surface area contributed by atoms with E-state index >= 15 is 0 Å². The molecule has 0 aliphatic carbocycles. The predicted molar refractivity (Wildman–Crippen MR) is 126 cm³/mol. The minimum absolute atomic E-state index is 0.109. The molecule has 2 aromatic carbocycles. The average Bonchev–Trinajstić information content (AvgIpc) is 3.42. The van der Waals surface area contributed by atoms with E-state index in [0.29, 0.717) is 27.8 Å². The SMILES string of the molecule is COC(=O)c1ccc(NC(=O)CC2C(=O)N(c3ccccc3)C(=S)N2Cc2ccco2)cc1. The maximum atomic E-state index is 13.3. The number of para-hydroxylation sites is 1. The van der Waals surface area contributed by atoms with E-state index in [0.717, 1.165) is 0 Å². The Morgan fingerprint density at radius 1 is 1.06 bits per heavy atom. The van der Waals surface area contributed by atoms with Crippen LogP contribution < -0.4 is 10.2 Å². The first-order chi connectivity index (χ1) is 16.0. The van der Waals surface area contributed by atoms with Gasteiger partial charge in [0.05, 0.1) is 37.6 Å². The summed E-state index contributed by atoms with van der Waals surface area (Å²) in [4.78, 5) is 40.9. The molecule has 1 aliphatic heterocycles. The molecule has 1 saturated heterocycles. The Labute approximate surface area is 195 Å². The van der Waals surface area contributed by atoms with Crippen LogP contribution in [-0.2, 0) is 20.9 Å². The van der Waals surface area contributed by atoms with Crippen LogP contribution in [0.4, 0.5) is 11.4 Å². The minimum atomic E-state index is -0.794. The second-order valence-corrected chi connectivity index (χ2v) is 7.70. The van der Waals surface area contributed by atoms with Crippen LogP contribution in [0.5, 0.6) is 0 Å². The van der Waals surface area contributed by atoms with Crippen molar-refractivity contribution in [1.82, 2.24) is 4.90 Å². The molecule has 1 unspecified atom stereocenters. The summed E-state index contributed by atoms with van der Waals surface area (Å²) in [5.41, 5.74) is 1.51. The van der Waals surface area contributed by atoms with Crippen molar-refractivity contribution in [1.29, 1.82) is 0 Å². The zero-order valence-electron chi connectivity index (χ0n) is 17.8. The van der Waals surface area contributed by atoms with Gasteiger partial charge in [0.25, 0.3) is 5.91 Å². The first-order valence-electron chi connectivity index (χ1n) is 10.2. The Kier molecular flexibility index (Phi) is 6.50. The second kappa shape index (κ2) is 9.66. The van der Waals surface area contributed by atoms with Crippen molar-refractivity contribution in [3.63, 3.8) is 0 Å². The summed E-state index contributed by atoms with van der Waals surface area (Å²) in [7, 11) is 1.30. The van der Waals surface area contributed by atoms with Crippen LogP contribution in [0.15, 0.2) is 77.4 Å². The fourth-order valence-electron chi connectivity index (χ4n) is 3.59. The van der Waals surface area contributed by atoms with Crippen molar-refractivity contribution in [3.05, 3.63) is 84.3 Å². The molecule has 33 heavy (non-hydrogen) atoms. The molecule has 1 aromatic heterocycles. The lowest BCUT2D eigenvalue weighted by atomic mass is 10.1. The molecule has 1 fully saturated rings. The van der Waals surface area contributed by atoms with Gasteiger partial charge in [-0.25, -0.2) is 4.79 Å². The molecule has 0 spiro atoms. The Bertz CT molecular complexity index is 1160. The molecular weight excluding hydrogens is 442 g/mol. The highest BCUT2D eigenvalue weighted by Crippen LogP contribution is 2.29. The van der Waals surface area contributed by atoms with Crippen molar-refractivity contribution < 1.29 is 23.5 Å². The summed E-state index contributed by atoms with van der Waals surface area (Å²) in [6.45, 7) is 0.257. The number of methoxy groups -OCH3 is 1. The molecule has 0 bridgehead atoms. The lowest BCUT2D eigenvalue weighted by molar-refractivity contribution is -0.124. The zero-order valence-corrected chi connectivity index (χ0v) is 18.6. The van der Waals surface area contributed by atoms with E-state index in [1.165, 1.54) is 12.0 Å². The Hall–Kier alpha value is -3.98. The molecule has 9 heteroatoms. The van der Waals surface area contributed by atoms with Crippen LogP contribution in [0.2, 0.25) is 0 Å². The zero-order chi connectivity index (χ0) is 23.4. The van der Waals surface area contributed by atoms with Gasteiger partial charge in [-0.05, 0) is 60.7 Å². The van der Waals surface area contributed by atoms with E-state index in [1.54, 1.807) is 59.7 Å². The maximum Gasteiger partial charge on any atom is 0.337 e. The third-order valence-electron chi connectivity index (χ3n) is 5.21. The Morgan fingerprint density at radius 3 is 2.42 bits per heavy atom. The van der Waals surface area contributed by atoms with Crippen molar-refractivity contribution in [2.75, 3.05) is 17.3 Å². The van der Waals surface area contributed by atoms with Gasteiger partial charge in [0.1, 0.15) is 11.8 Å². The van der Waals surface area contributed by atoms with Crippen LogP contribution in [0.25, 0.3) is 0 Å². The Morgan fingerprint density at radius 2 is 1.79 bits per heavy atom. The van der Waals surface area contributed by atoms with E-state index in [4.69, 9.17) is 16.6 Å². The third kappa shape index (κ3) is 4.78. The van der Waals surface area contributed by atoms with E-state index in [1.807, 2.05) is 18.2 Å². The molecule has 2 heterocycles. The summed E-state index contributed by atoms with van der Waals surface area (Å²) in [6.07, 6.45) is 1.44. The lowest BCUT2D eigenvalue weighted by Gasteiger charge is -2.22. The standard InChI is InChI=1S/C24H21N3O5S/c1-31-23(30)16-9-11-17(12-10-16)25-21(28)14-20-22(29)27(18-6-3-2-4-7-18)24(33)26(20)15-19-8-5-13-32-19/h2-13,20H,14-15H2,1H3,(H,25,28). The topological polar surface area (TPSA) is 92.1 Å². The number of nitrogens with zero attached hydrogens (tertiary/aromatic N) is 2. The molecule has 0 saturated carbocycles. The van der Waals surface area contributed by atoms with Crippen LogP contribution in [-0.4, -0.2) is 40.9 Å². The first kappa shape index (κ1) is 22.2. The summed E-state index contributed by atoms with van der Waals surface area (Å²) < 4.78 is 10.1. The number of thiocarbonyl (C=S) groups is 1. The van der Waals surface area contributed by atoms with Gasteiger partial charge < -0.3 is 19.4 Å². The average molecular weight is 464 g/mol. The van der Waals surface area contributed by atoms with Crippen molar-refractivity contribution in [2.45, 2.75) is 19.0 Å². The smallest absolute Gasteiger partial charge is 0.337 e. The molecule has 1 aliphatic rings. The number of amides is 2. The normalized spacial score (nSPS) is 15.6. The fourth-order valence-corrected chi connectivity index (χ4v) is 3.98. The summed E-state index contributed by atoms with van der Waals surface area (Å²) >= 11 is 5.62. The number of benzene rings is 2. The lowest BCUT2D eigenvalue weighted by Crippen LogP contribution is -2.37. The number of ether oxygens (including phenoxy) is 1. The van der Waals surface area contributed by atoms with E-state index in [9.17, 15) is 14.4 Å². The molecule has 4 rings (SSSR count). The molecule has 3 aromatic rings. The number of furan rings is 1. The van der Waals surface area contributed by atoms with Gasteiger partial charge in [-0.15, -0.1) is 0 Å². The highest BCUT2D eigenvalue weighted by molar-refractivity contribution is 7.80. The fraction of sp³-hybridized carbons (Fsp3) is 0.167. The predicted octanol–water partition coefficient (Wildman–Crippen LogP) is 3.60. The molecule has 8 nitrogen and oxygen atoms in total. The van der Waals surface area contributed by atoms with Gasteiger partial charge in [0.2, 0.25) is 5.91 Å². The van der Waals surface area contributed by atoms with Crippen molar-refractivity contribution >= 4 is 46.5 Å². The summed E-state index contributed by atoms with van der Waals surface area (Å²) in [6, 6.07) is 18.1. The van der Waals surface area contributed by atoms with Crippen molar-refractivity contribution in [3.8, 4) is 0 Å². The maximum absolute atomic E-state index is 13.3. The highest BCUT2D eigenvalue weighted by Gasteiger charge is 2.44. The van der Waals surface area contributed by atoms with Crippen molar-refractivity contribution in [2.24, 2.45) is 0 Å². The number of hydrogen-bond donors (Lipinski definition) is 1. The van der Waals surface area contributed by atoms with E-state index in [2.05, 4.69) is 10.1 Å². The van der Waals surface area contributed by atoms with Crippen LogP contribution in [0.3, 0.4) is 0 Å². The number of esters is 1. The van der Waals surface area contributed by atoms with Gasteiger partial charge in [-0.1, -0.05) is 18.2 Å². The van der Waals surface area contributed by atoms with E-state index in [-0.39, 0.29) is 24.8 Å². The molecule has 168 valence electrons. The highest BCUT2D eigenvalue weighted by atomic mass is 32.1. The quantitative estimate of drug-likeness (QED) is 0.423. The number of rotatable bonds is 7. The van der Waals surface area contributed by atoms with Gasteiger partial charge in [0.15, 0.2) is 5.11 Å². The Balaban J connectivity index is 1.52.